The molecule has 0 aliphatic heterocycles. The number of nitrogens with one attached hydrogen (secondary N) is 2. The molecule has 0 aliphatic rings. The number of thioether (sulfide) groups is 1. The van der Waals surface area contributed by atoms with Crippen molar-refractivity contribution in [3.63, 3.8) is 0 Å². The SMILES string of the molecule is Cc1ccc(-c2n[nH]c(=S)n2CC(=O)NCCSCc2ccc(Br)s2)cc1. The molecule has 142 valence electrons. The zero-order valence-electron chi connectivity index (χ0n) is 14.7. The van der Waals surface area contributed by atoms with E-state index < -0.39 is 0 Å². The van der Waals surface area contributed by atoms with Crippen LogP contribution in [0.3, 0.4) is 0 Å². The maximum absolute atomic E-state index is 12.3. The van der Waals surface area contributed by atoms with Gasteiger partial charge in [0, 0.05) is 28.5 Å². The van der Waals surface area contributed by atoms with Crippen molar-refractivity contribution in [2.75, 3.05) is 12.3 Å². The van der Waals surface area contributed by atoms with Gasteiger partial charge in [-0.2, -0.15) is 16.9 Å². The van der Waals surface area contributed by atoms with Crippen LogP contribution < -0.4 is 5.32 Å². The van der Waals surface area contributed by atoms with Crippen LogP contribution >= 0.6 is 51.2 Å². The lowest BCUT2D eigenvalue weighted by atomic mass is 10.1. The summed E-state index contributed by atoms with van der Waals surface area (Å²) in [5, 5.41) is 10.0. The third-order valence-electron chi connectivity index (χ3n) is 3.81. The number of rotatable bonds is 8. The van der Waals surface area contributed by atoms with Gasteiger partial charge >= 0.3 is 0 Å². The molecule has 9 heteroatoms. The minimum atomic E-state index is -0.0691. The average molecular weight is 483 g/mol. The van der Waals surface area contributed by atoms with Crippen molar-refractivity contribution in [3.8, 4) is 11.4 Å². The Morgan fingerprint density at radius 3 is 2.81 bits per heavy atom. The first kappa shape index (κ1) is 20.3. The third-order valence-corrected chi connectivity index (χ3v) is 6.94. The summed E-state index contributed by atoms with van der Waals surface area (Å²) >= 11 is 12.3. The van der Waals surface area contributed by atoms with Crippen LogP contribution in [0.25, 0.3) is 11.4 Å². The molecule has 0 unspecified atom stereocenters. The number of thiophene rings is 1. The molecular weight excluding hydrogens is 464 g/mol. The molecule has 0 atom stereocenters. The Morgan fingerprint density at radius 2 is 2.11 bits per heavy atom. The molecule has 3 aromatic rings. The summed E-state index contributed by atoms with van der Waals surface area (Å²) in [5.41, 5.74) is 2.10. The summed E-state index contributed by atoms with van der Waals surface area (Å²) in [6.07, 6.45) is 0. The second kappa shape index (κ2) is 9.68. The zero-order chi connectivity index (χ0) is 19.2. The lowest BCUT2D eigenvalue weighted by Crippen LogP contribution is -2.29. The molecule has 0 saturated heterocycles. The van der Waals surface area contributed by atoms with E-state index in [0.29, 0.717) is 17.1 Å². The highest BCUT2D eigenvalue weighted by atomic mass is 79.9. The van der Waals surface area contributed by atoms with E-state index in [2.05, 4.69) is 43.6 Å². The summed E-state index contributed by atoms with van der Waals surface area (Å²) < 4.78 is 3.32. The van der Waals surface area contributed by atoms with Crippen LogP contribution in [0.15, 0.2) is 40.2 Å². The molecule has 0 fully saturated rings. The molecule has 1 aromatic carbocycles. The predicted octanol–water partition coefficient (Wildman–Crippen LogP) is 4.79. The number of aryl methyl sites for hydroxylation is 1. The van der Waals surface area contributed by atoms with Crippen molar-refractivity contribution in [2.45, 2.75) is 19.2 Å². The summed E-state index contributed by atoms with van der Waals surface area (Å²) in [6, 6.07) is 12.2. The molecule has 27 heavy (non-hydrogen) atoms. The van der Waals surface area contributed by atoms with Crippen molar-refractivity contribution >= 4 is 57.2 Å². The number of halogens is 1. The van der Waals surface area contributed by atoms with E-state index in [0.717, 1.165) is 20.9 Å². The lowest BCUT2D eigenvalue weighted by molar-refractivity contribution is -0.121. The highest BCUT2D eigenvalue weighted by Crippen LogP contribution is 2.25. The minimum Gasteiger partial charge on any atom is -0.354 e. The average Bonchev–Trinajstić information content (AvgIpc) is 3.22. The Hall–Kier alpha value is -1.42. The van der Waals surface area contributed by atoms with Gasteiger partial charge in [-0.25, -0.2) is 0 Å². The first-order chi connectivity index (χ1) is 13.0. The maximum Gasteiger partial charge on any atom is 0.240 e. The van der Waals surface area contributed by atoms with Crippen molar-refractivity contribution in [3.05, 3.63) is 55.4 Å². The van der Waals surface area contributed by atoms with Gasteiger partial charge in [-0.3, -0.25) is 14.5 Å². The lowest BCUT2D eigenvalue weighted by Gasteiger charge is -2.08. The fourth-order valence-electron chi connectivity index (χ4n) is 2.45. The quantitative estimate of drug-likeness (QED) is 0.357. The number of nitrogens with zero attached hydrogens (tertiary/aromatic N) is 2. The van der Waals surface area contributed by atoms with E-state index in [1.54, 1.807) is 27.7 Å². The molecule has 2 aromatic heterocycles. The van der Waals surface area contributed by atoms with E-state index in [9.17, 15) is 4.79 Å². The summed E-state index contributed by atoms with van der Waals surface area (Å²) in [7, 11) is 0. The smallest absolute Gasteiger partial charge is 0.240 e. The number of H-pyrrole nitrogens is 1. The molecule has 0 saturated carbocycles. The standard InChI is InChI=1S/C18H19BrN4OS3/c1-12-2-4-13(5-3-12)17-21-22-18(25)23(17)10-16(24)20-8-9-26-11-14-6-7-15(19)27-14/h2-7H,8-11H2,1H3,(H,20,24)(H,22,25). The van der Waals surface area contributed by atoms with Gasteiger partial charge in [0.2, 0.25) is 5.91 Å². The molecule has 2 heterocycles. The van der Waals surface area contributed by atoms with Crippen LogP contribution in [0.1, 0.15) is 10.4 Å². The summed E-state index contributed by atoms with van der Waals surface area (Å²) in [4.78, 5) is 13.6. The molecule has 5 nitrogen and oxygen atoms in total. The number of benzene rings is 1. The number of hydrogen-bond acceptors (Lipinski definition) is 5. The molecule has 0 spiro atoms. The highest BCUT2D eigenvalue weighted by Gasteiger charge is 2.12. The normalized spacial score (nSPS) is 10.9. The van der Waals surface area contributed by atoms with Crippen molar-refractivity contribution in [1.82, 2.24) is 20.1 Å². The van der Waals surface area contributed by atoms with Crippen molar-refractivity contribution in [1.29, 1.82) is 0 Å². The number of carbonyl (C=O) groups excluding carboxylic acids is 1. The Morgan fingerprint density at radius 1 is 1.33 bits per heavy atom. The van der Waals surface area contributed by atoms with Gasteiger partial charge in [-0.05, 0) is 47.2 Å². The fraction of sp³-hybridized carbons (Fsp3) is 0.278. The molecule has 0 aliphatic carbocycles. The first-order valence-corrected chi connectivity index (χ1v) is 11.5. The van der Waals surface area contributed by atoms with Crippen molar-refractivity contribution in [2.24, 2.45) is 0 Å². The Kier molecular flexibility index (Phi) is 7.28. The number of aromatic nitrogens is 3. The first-order valence-electron chi connectivity index (χ1n) is 8.34. The number of amides is 1. The van der Waals surface area contributed by atoms with E-state index in [1.165, 1.54) is 10.4 Å². The Bertz CT molecular complexity index is 962. The number of aromatic amines is 1. The van der Waals surface area contributed by atoms with Gasteiger partial charge in [0.15, 0.2) is 10.6 Å². The largest absolute Gasteiger partial charge is 0.354 e. The van der Waals surface area contributed by atoms with Crippen LogP contribution in [-0.4, -0.2) is 33.0 Å². The number of hydrogen-bond donors (Lipinski definition) is 2. The number of carbonyl (C=O) groups is 1. The van der Waals surface area contributed by atoms with Crippen LogP contribution in [0.5, 0.6) is 0 Å². The summed E-state index contributed by atoms with van der Waals surface area (Å²) in [5.74, 6) is 2.42. The van der Waals surface area contributed by atoms with Gasteiger partial charge in [0.1, 0.15) is 6.54 Å². The van der Waals surface area contributed by atoms with Crippen LogP contribution in [0, 0.1) is 11.7 Å². The van der Waals surface area contributed by atoms with Gasteiger partial charge in [-0.1, -0.05) is 29.8 Å². The Labute approximate surface area is 179 Å². The Balaban J connectivity index is 1.50. The minimum absolute atomic E-state index is 0.0691. The van der Waals surface area contributed by atoms with Gasteiger partial charge in [0.05, 0.1) is 3.79 Å². The zero-order valence-corrected chi connectivity index (χ0v) is 18.7. The molecular formula is C18H19BrN4OS3. The van der Waals surface area contributed by atoms with E-state index in [1.807, 2.05) is 31.2 Å². The molecule has 1 amide bonds. The van der Waals surface area contributed by atoms with E-state index in [4.69, 9.17) is 12.2 Å². The molecule has 0 bridgehead atoms. The summed E-state index contributed by atoms with van der Waals surface area (Å²) in [6.45, 7) is 2.81. The molecule has 3 rings (SSSR count). The van der Waals surface area contributed by atoms with E-state index in [-0.39, 0.29) is 12.5 Å². The maximum atomic E-state index is 12.3. The molecule has 0 radical (unpaired) electrons. The third kappa shape index (κ3) is 5.78. The molecule has 2 N–H and O–H groups in total. The predicted molar refractivity (Wildman–Crippen MR) is 119 cm³/mol. The topological polar surface area (TPSA) is 62.7 Å². The monoisotopic (exact) mass is 482 g/mol. The highest BCUT2D eigenvalue weighted by molar-refractivity contribution is 9.11. The second-order valence-corrected chi connectivity index (χ2v) is 9.95. The van der Waals surface area contributed by atoms with Crippen molar-refractivity contribution < 1.29 is 4.79 Å². The van der Waals surface area contributed by atoms with Crippen LogP contribution in [0.4, 0.5) is 0 Å². The fourth-order valence-corrected chi connectivity index (χ4v) is 5.10. The van der Waals surface area contributed by atoms with Gasteiger partial charge < -0.3 is 5.32 Å². The van der Waals surface area contributed by atoms with Gasteiger partial charge in [0.25, 0.3) is 0 Å². The van der Waals surface area contributed by atoms with Gasteiger partial charge in [-0.15, -0.1) is 11.3 Å². The second-order valence-electron chi connectivity index (χ2n) is 5.91. The van der Waals surface area contributed by atoms with Crippen LogP contribution in [0.2, 0.25) is 0 Å². The van der Waals surface area contributed by atoms with Crippen LogP contribution in [-0.2, 0) is 17.1 Å². The van der Waals surface area contributed by atoms with E-state index >= 15 is 0 Å².